The van der Waals surface area contributed by atoms with Crippen LogP contribution in [0.2, 0.25) is 0 Å². The van der Waals surface area contributed by atoms with Gasteiger partial charge in [-0.05, 0) is 59.1 Å². The molecule has 0 saturated carbocycles. The zero-order chi connectivity index (χ0) is 16.8. The summed E-state index contributed by atoms with van der Waals surface area (Å²) in [4.78, 5) is 12.3. The Labute approximate surface area is 144 Å². The van der Waals surface area contributed by atoms with Gasteiger partial charge in [-0.15, -0.1) is 0 Å². The lowest BCUT2D eigenvalue weighted by Crippen LogP contribution is -2.11. The quantitative estimate of drug-likeness (QED) is 0.426. The van der Waals surface area contributed by atoms with Crippen molar-refractivity contribution in [2.24, 2.45) is 0 Å². The first-order chi connectivity index (χ1) is 11.0. The largest absolute Gasteiger partial charge is 0.490 e. The van der Waals surface area contributed by atoms with Crippen molar-refractivity contribution in [1.29, 1.82) is 0 Å². The van der Waals surface area contributed by atoms with E-state index in [4.69, 9.17) is 14.2 Å². The van der Waals surface area contributed by atoms with E-state index in [0.717, 1.165) is 11.1 Å². The van der Waals surface area contributed by atoms with Crippen LogP contribution < -0.4 is 9.47 Å². The molecule has 0 amide bonds. The van der Waals surface area contributed by atoms with Crippen molar-refractivity contribution in [3.63, 3.8) is 0 Å². The van der Waals surface area contributed by atoms with Gasteiger partial charge in [0.05, 0.1) is 16.6 Å². The van der Waals surface area contributed by atoms with Gasteiger partial charge in [0.2, 0.25) is 0 Å². The third-order valence-electron chi connectivity index (χ3n) is 3.32. The molecular formula is C18H19BrO4. The molecule has 0 bridgehead atoms. The summed E-state index contributed by atoms with van der Waals surface area (Å²) in [6.45, 7) is 4.78. The van der Waals surface area contributed by atoms with Crippen molar-refractivity contribution >= 4 is 21.9 Å². The van der Waals surface area contributed by atoms with Crippen molar-refractivity contribution in [2.75, 3.05) is 20.3 Å². The van der Waals surface area contributed by atoms with Gasteiger partial charge >= 0.3 is 5.97 Å². The lowest BCUT2D eigenvalue weighted by Gasteiger charge is -2.12. The fraction of sp³-hybridized carbons (Fsp3) is 0.278. The Hall–Kier alpha value is -1.85. The number of carbonyl (C=O) groups is 1. The van der Waals surface area contributed by atoms with Crippen LogP contribution in [0.15, 0.2) is 40.9 Å². The van der Waals surface area contributed by atoms with E-state index in [1.54, 1.807) is 25.3 Å². The Balaban J connectivity index is 2.12. The summed E-state index contributed by atoms with van der Waals surface area (Å²) in [5, 5.41) is 0. The predicted molar refractivity (Wildman–Crippen MR) is 92.4 cm³/mol. The van der Waals surface area contributed by atoms with Crippen LogP contribution in [0.3, 0.4) is 0 Å². The van der Waals surface area contributed by atoms with Gasteiger partial charge in [-0.25, -0.2) is 4.79 Å². The molecule has 0 N–H and O–H groups in total. The smallest absolute Gasteiger partial charge is 0.343 e. The van der Waals surface area contributed by atoms with Gasteiger partial charge in [0, 0.05) is 7.11 Å². The topological polar surface area (TPSA) is 44.8 Å². The van der Waals surface area contributed by atoms with Crippen LogP contribution in [0.25, 0.3) is 0 Å². The highest BCUT2D eigenvalue weighted by atomic mass is 79.9. The van der Waals surface area contributed by atoms with Crippen LogP contribution in [-0.4, -0.2) is 26.3 Å². The van der Waals surface area contributed by atoms with Crippen molar-refractivity contribution in [3.05, 3.63) is 57.6 Å². The first-order valence-corrected chi connectivity index (χ1v) is 8.02. The van der Waals surface area contributed by atoms with E-state index in [9.17, 15) is 4.79 Å². The zero-order valence-electron chi connectivity index (χ0n) is 13.4. The monoisotopic (exact) mass is 378 g/mol. The minimum Gasteiger partial charge on any atom is -0.490 e. The van der Waals surface area contributed by atoms with Gasteiger partial charge in [-0.2, -0.15) is 0 Å². The standard InChI is InChI=1S/C18H19BrO4/c1-12-5-4-6-13(2)17(12)23-18(20)14-7-8-16(15(19)11-14)22-10-9-21-3/h4-8,11H,9-10H2,1-3H3. The number of rotatable bonds is 6. The summed E-state index contributed by atoms with van der Waals surface area (Å²) in [5.41, 5.74) is 2.31. The summed E-state index contributed by atoms with van der Waals surface area (Å²) < 4.78 is 16.7. The summed E-state index contributed by atoms with van der Waals surface area (Å²) in [6, 6.07) is 10.9. The van der Waals surface area contributed by atoms with Crippen LogP contribution in [0.4, 0.5) is 0 Å². The van der Waals surface area contributed by atoms with E-state index in [1.165, 1.54) is 0 Å². The number of aryl methyl sites for hydroxylation is 2. The Kier molecular flexibility index (Phi) is 6.19. The first kappa shape index (κ1) is 17.5. The molecule has 0 aliphatic rings. The average molecular weight is 379 g/mol. The van der Waals surface area contributed by atoms with Crippen LogP contribution in [0.1, 0.15) is 21.5 Å². The molecule has 4 nitrogen and oxygen atoms in total. The molecule has 2 aromatic carbocycles. The summed E-state index contributed by atoms with van der Waals surface area (Å²) in [7, 11) is 1.62. The van der Waals surface area contributed by atoms with Crippen molar-refractivity contribution in [2.45, 2.75) is 13.8 Å². The number of halogens is 1. The molecule has 0 heterocycles. The molecule has 23 heavy (non-hydrogen) atoms. The van der Waals surface area contributed by atoms with E-state index in [-0.39, 0.29) is 0 Å². The number of carbonyl (C=O) groups excluding carboxylic acids is 1. The highest BCUT2D eigenvalue weighted by Crippen LogP contribution is 2.28. The van der Waals surface area contributed by atoms with Crippen LogP contribution in [0.5, 0.6) is 11.5 Å². The SMILES string of the molecule is COCCOc1ccc(C(=O)Oc2c(C)cccc2C)cc1Br. The number of benzene rings is 2. The van der Waals surface area contributed by atoms with Crippen molar-refractivity contribution in [3.8, 4) is 11.5 Å². The average Bonchev–Trinajstić information content (AvgIpc) is 2.52. The molecule has 2 rings (SSSR count). The number of ether oxygens (including phenoxy) is 3. The normalized spacial score (nSPS) is 10.4. The van der Waals surface area contributed by atoms with E-state index in [1.807, 2.05) is 32.0 Å². The molecule has 122 valence electrons. The Morgan fingerprint density at radius 3 is 2.39 bits per heavy atom. The Bertz CT molecular complexity index is 677. The number of esters is 1. The van der Waals surface area contributed by atoms with Crippen LogP contribution in [0, 0.1) is 13.8 Å². The van der Waals surface area contributed by atoms with Gasteiger partial charge in [0.15, 0.2) is 0 Å². The third-order valence-corrected chi connectivity index (χ3v) is 3.94. The number of hydrogen-bond donors (Lipinski definition) is 0. The molecule has 0 radical (unpaired) electrons. The van der Waals surface area contributed by atoms with E-state index < -0.39 is 5.97 Å². The van der Waals surface area contributed by atoms with E-state index >= 15 is 0 Å². The third kappa shape index (κ3) is 4.56. The number of methoxy groups -OCH3 is 1. The molecule has 0 aliphatic heterocycles. The second-order valence-electron chi connectivity index (χ2n) is 5.10. The van der Waals surface area contributed by atoms with E-state index in [0.29, 0.717) is 34.7 Å². The second kappa shape index (κ2) is 8.13. The summed E-state index contributed by atoms with van der Waals surface area (Å²) >= 11 is 3.41. The number of hydrogen-bond acceptors (Lipinski definition) is 4. The van der Waals surface area contributed by atoms with Gasteiger partial charge in [-0.1, -0.05) is 18.2 Å². The van der Waals surface area contributed by atoms with Crippen molar-refractivity contribution < 1.29 is 19.0 Å². The Morgan fingerprint density at radius 1 is 1.09 bits per heavy atom. The molecule has 5 heteroatoms. The van der Waals surface area contributed by atoms with Gasteiger partial charge in [0.1, 0.15) is 18.1 Å². The molecule has 0 fully saturated rings. The van der Waals surface area contributed by atoms with Gasteiger partial charge in [-0.3, -0.25) is 0 Å². The molecule has 0 atom stereocenters. The molecule has 0 spiro atoms. The Morgan fingerprint density at radius 2 is 1.78 bits per heavy atom. The molecule has 0 aromatic heterocycles. The van der Waals surface area contributed by atoms with Gasteiger partial charge in [0.25, 0.3) is 0 Å². The zero-order valence-corrected chi connectivity index (χ0v) is 15.0. The fourth-order valence-electron chi connectivity index (χ4n) is 2.09. The summed E-state index contributed by atoms with van der Waals surface area (Å²) in [6.07, 6.45) is 0. The highest BCUT2D eigenvalue weighted by Gasteiger charge is 2.14. The maximum absolute atomic E-state index is 12.3. The lowest BCUT2D eigenvalue weighted by atomic mass is 10.1. The summed E-state index contributed by atoms with van der Waals surface area (Å²) in [5.74, 6) is 0.867. The fourth-order valence-corrected chi connectivity index (χ4v) is 2.58. The second-order valence-corrected chi connectivity index (χ2v) is 5.95. The molecule has 0 unspecified atom stereocenters. The minimum absolute atomic E-state index is 0.397. The van der Waals surface area contributed by atoms with Crippen LogP contribution >= 0.6 is 15.9 Å². The van der Waals surface area contributed by atoms with Gasteiger partial charge < -0.3 is 14.2 Å². The maximum atomic E-state index is 12.3. The molecule has 2 aromatic rings. The van der Waals surface area contributed by atoms with Crippen molar-refractivity contribution in [1.82, 2.24) is 0 Å². The molecule has 0 aliphatic carbocycles. The lowest BCUT2D eigenvalue weighted by molar-refractivity contribution is 0.0732. The van der Waals surface area contributed by atoms with Crippen LogP contribution in [-0.2, 0) is 4.74 Å². The molecular weight excluding hydrogens is 360 g/mol. The molecule has 0 saturated heterocycles. The predicted octanol–water partition coefficient (Wildman–Crippen LogP) is 4.31. The first-order valence-electron chi connectivity index (χ1n) is 7.22. The maximum Gasteiger partial charge on any atom is 0.343 e. The minimum atomic E-state index is -0.397. The van der Waals surface area contributed by atoms with E-state index in [2.05, 4.69) is 15.9 Å². The highest BCUT2D eigenvalue weighted by molar-refractivity contribution is 9.10. The number of para-hydroxylation sites is 1.